The first-order valence-electron chi connectivity index (χ1n) is 8.47. The lowest BCUT2D eigenvalue weighted by atomic mass is 9.46. The van der Waals surface area contributed by atoms with E-state index in [1.54, 1.807) is 0 Å². The SMILES string of the molecule is COc1nc(NC(C)C23CC4CC(CC(O)(C4)C2)C3)ncc1F. The van der Waals surface area contributed by atoms with Crippen molar-refractivity contribution in [3.8, 4) is 5.88 Å². The van der Waals surface area contributed by atoms with Crippen molar-refractivity contribution in [3.05, 3.63) is 12.0 Å². The second kappa shape index (κ2) is 5.03. The zero-order chi connectivity index (χ0) is 16.2. The Balaban J connectivity index is 1.56. The summed E-state index contributed by atoms with van der Waals surface area (Å²) in [6.45, 7) is 2.13. The molecule has 1 aromatic heterocycles. The van der Waals surface area contributed by atoms with Gasteiger partial charge in [-0.1, -0.05) is 0 Å². The average Bonchev–Trinajstić information content (AvgIpc) is 2.46. The number of aliphatic hydroxyl groups is 1. The Morgan fingerprint density at radius 1 is 1.35 bits per heavy atom. The molecular weight excluding hydrogens is 297 g/mol. The van der Waals surface area contributed by atoms with Gasteiger partial charge in [0.05, 0.1) is 18.9 Å². The molecule has 4 bridgehead atoms. The smallest absolute Gasteiger partial charge is 0.255 e. The van der Waals surface area contributed by atoms with Gasteiger partial charge in [0.2, 0.25) is 11.8 Å². The van der Waals surface area contributed by atoms with Crippen LogP contribution in [0.3, 0.4) is 0 Å². The Hall–Kier alpha value is -1.43. The van der Waals surface area contributed by atoms with E-state index in [-0.39, 0.29) is 17.3 Å². The van der Waals surface area contributed by atoms with E-state index < -0.39 is 11.4 Å². The van der Waals surface area contributed by atoms with Crippen LogP contribution in [0.5, 0.6) is 5.88 Å². The van der Waals surface area contributed by atoms with Crippen LogP contribution in [0.2, 0.25) is 0 Å². The van der Waals surface area contributed by atoms with Gasteiger partial charge in [0.1, 0.15) is 0 Å². The maximum absolute atomic E-state index is 13.5. The van der Waals surface area contributed by atoms with Crippen LogP contribution in [0.4, 0.5) is 10.3 Å². The summed E-state index contributed by atoms with van der Waals surface area (Å²) in [6.07, 6.45) is 7.46. The van der Waals surface area contributed by atoms with Crippen molar-refractivity contribution in [3.63, 3.8) is 0 Å². The predicted molar refractivity (Wildman–Crippen MR) is 83.7 cm³/mol. The van der Waals surface area contributed by atoms with Crippen LogP contribution >= 0.6 is 0 Å². The third kappa shape index (κ3) is 2.47. The molecule has 4 saturated carbocycles. The van der Waals surface area contributed by atoms with Crippen molar-refractivity contribution in [2.24, 2.45) is 17.3 Å². The number of methoxy groups -OCH3 is 1. The molecule has 4 aliphatic rings. The molecule has 0 aromatic carbocycles. The summed E-state index contributed by atoms with van der Waals surface area (Å²) >= 11 is 0. The number of nitrogens with zero attached hydrogens (tertiary/aromatic N) is 2. The molecule has 4 fully saturated rings. The lowest BCUT2D eigenvalue weighted by molar-refractivity contribution is -0.167. The van der Waals surface area contributed by atoms with Crippen LogP contribution in [-0.4, -0.2) is 33.8 Å². The molecule has 0 aliphatic heterocycles. The predicted octanol–water partition coefficient (Wildman–Crippen LogP) is 2.76. The monoisotopic (exact) mass is 321 g/mol. The Bertz CT molecular complexity index is 610. The second-order valence-corrected chi connectivity index (χ2v) is 7.96. The fourth-order valence-corrected chi connectivity index (χ4v) is 5.70. The van der Waals surface area contributed by atoms with Crippen molar-refractivity contribution in [2.45, 2.75) is 57.1 Å². The van der Waals surface area contributed by atoms with Gasteiger partial charge in [-0.15, -0.1) is 0 Å². The minimum absolute atomic E-state index is 0.0427. The highest BCUT2D eigenvalue weighted by Crippen LogP contribution is 2.62. The molecule has 0 radical (unpaired) electrons. The van der Waals surface area contributed by atoms with Gasteiger partial charge in [-0.2, -0.15) is 9.37 Å². The molecule has 3 unspecified atom stereocenters. The fraction of sp³-hybridized carbons (Fsp3) is 0.765. The summed E-state index contributed by atoms with van der Waals surface area (Å²) in [5, 5.41) is 14.2. The minimum Gasteiger partial charge on any atom is -0.479 e. The number of aromatic nitrogens is 2. The minimum atomic E-state index is -0.560. The summed E-state index contributed by atoms with van der Waals surface area (Å²) < 4.78 is 18.4. The number of ether oxygens (including phenoxy) is 1. The molecule has 0 amide bonds. The second-order valence-electron chi connectivity index (χ2n) is 7.96. The van der Waals surface area contributed by atoms with Crippen molar-refractivity contribution in [1.82, 2.24) is 9.97 Å². The molecular formula is C17H24FN3O2. The van der Waals surface area contributed by atoms with Crippen molar-refractivity contribution >= 4 is 5.95 Å². The Labute approximate surface area is 135 Å². The first-order chi connectivity index (χ1) is 10.9. The Kier molecular flexibility index (Phi) is 3.31. The van der Waals surface area contributed by atoms with Crippen LogP contribution in [0, 0.1) is 23.1 Å². The highest BCUT2D eigenvalue weighted by Gasteiger charge is 2.58. The summed E-state index contributed by atoms with van der Waals surface area (Å²) in [7, 11) is 1.40. The van der Waals surface area contributed by atoms with Crippen molar-refractivity contribution in [1.29, 1.82) is 0 Å². The van der Waals surface area contributed by atoms with E-state index in [4.69, 9.17) is 4.74 Å². The number of halogens is 1. The van der Waals surface area contributed by atoms with E-state index in [1.165, 1.54) is 13.5 Å². The number of hydrogen-bond donors (Lipinski definition) is 2. The number of nitrogens with one attached hydrogen (secondary N) is 1. The third-order valence-corrected chi connectivity index (χ3v) is 6.24. The van der Waals surface area contributed by atoms with Gasteiger partial charge < -0.3 is 15.2 Å². The molecule has 5 rings (SSSR count). The molecule has 1 heterocycles. The Morgan fingerprint density at radius 3 is 2.65 bits per heavy atom. The van der Waals surface area contributed by atoms with Gasteiger partial charge in [-0.05, 0) is 62.7 Å². The number of hydrogen-bond acceptors (Lipinski definition) is 5. The average molecular weight is 321 g/mol. The maximum Gasteiger partial charge on any atom is 0.255 e. The van der Waals surface area contributed by atoms with Gasteiger partial charge in [0, 0.05) is 6.04 Å². The third-order valence-electron chi connectivity index (χ3n) is 6.24. The summed E-state index contributed by atoms with van der Waals surface area (Å²) in [5.74, 6) is 1.05. The molecule has 126 valence electrons. The van der Waals surface area contributed by atoms with Crippen LogP contribution in [0.25, 0.3) is 0 Å². The lowest BCUT2D eigenvalue weighted by Crippen LogP contribution is -2.60. The normalized spacial score (nSPS) is 39.3. The van der Waals surface area contributed by atoms with E-state index in [2.05, 4.69) is 22.2 Å². The van der Waals surface area contributed by atoms with E-state index in [9.17, 15) is 9.50 Å². The van der Waals surface area contributed by atoms with Gasteiger partial charge >= 0.3 is 0 Å². The summed E-state index contributed by atoms with van der Waals surface area (Å²) in [5.41, 5.74) is -0.398. The molecule has 0 saturated heterocycles. The number of rotatable bonds is 4. The van der Waals surface area contributed by atoms with Gasteiger partial charge in [0.15, 0.2) is 0 Å². The molecule has 1 aromatic rings. The van der Waals surface area contributed by atoms with Crippen LogP contribution in [-0.2, 0) is 0 Å². The molecule has 4 aliphatic carbocycles. The Morgan fingerprint density at radius 2 is 2.04 bits per heavy atom. The fourth-order valence-electron chi connectivity index (χ4n) is 5.70. The molecule has 3 atom stereocenters. The summed E-state index contributed by atoms with van der Waals surface area (Å²) in [4.78, 5) is 8.13. The first-order valence-corrected chi connectivity index (χ1v) is 8.47. The maximum atomic E-state index is 13.5. The number of anilines is 1. The van der Waals surface area contributed by atoms with Crippen molar-refractivity contribution in [2.75, 3.05) is 12.4 Å². The molecule has 0 spiro atoms. The molecule has 2 N–H and O–H groups in total. The zero-order valence-electron chi connectivity index (χ0n) is 13.7. The molecule has 23 heavy (non-hydrogen) atoms. The van der Waals surface area contributed by atoms with Crippen molar-refractivity contribution < 1.29 is 14.2 Å². The lowest BCUT2D eigenvalue weighted by Gasteiger charge is -2.62. The summed E-state index contributed by atoms with van der Waals surface area (Å²) in [6, 6.07) is 0.134. The standard InChI is InChI=1S/C17H24FN3O2/c1-10(20-15-19-8-13(18)14(21-15)23-2)16-4-11-3-12(5-16)7-17(22,6-11)9-16/h8,10-12,22H,3-7,9H2,1-2H3,(H,19,20,21). The van der Waals surface area contributed by atoms with E-state index >= 15 is 0 Å². The van der Waals surface area contributed by atoms with Crippen LogP contribution in [0.1, 0.15) is 45.4 Å². The van der Waals surface area contributed by atoms with Crippen LogP contribution in [0.15, 0.2) is 6.20 Å². The highest BCUT2D eigenvalue weighted by molar-refractivity contribution is 5.31. The van der Waals surface area contributed by atoms with E-state index in [0.717, 1.165) is 38.3 Å². The van der Waals surface area contributed by atoms with Gasteiger partial charge in [-0.25, -0.2) is 4.98 Å². The van der Waals surface area contributed by atoms with Gasteiger partial charge in [0.25, 0.3) is 5.88 Å². The van der Waals surface area contributed by atoms with E-state index in [1.807, 2.05) is 0 Å². The molecule has 5 nitrogen and oxygen atoms in total. The van der Waals surface area contributed by atoms with Gasteiger partial charge in [-0.3, -0.25) is 0 Å². The highest BCUT2D eigenvalue weighted by atomic mass is 19.1. The van der Waals surface area contributed by atoms with Crippen LogP contribution < -0.4 is 10.1 Å². The van der Waals surface area contributed by atoms with E-state index in [0.29, 0.717) is 17.8 Å². The molecule has 6 heteroatoms. The topological polar surface area (TPSA) is 67.3 Å². The quantitative estimate of drug-likeness (QED) is 0.892. The first kappa shape index (κ1) is 15.1. The largest absolute Gasteiger partial charge is 0.479 e. The zero-order valence-corrected chi connectivity index (χ0v) is 13.7.